The van der Waals surface area contributed by atoms with E-state index in [2.05, 4.69) is 15.3 Å². The molecule has 154 valence electrons. The number of hydrogen-bond acceptors (Lipinski definition) is 4. The topological polar surface area (TPSA) is 50.2 Å². The molecule has 0 bridgehead atoms. The van der Waals surface area contributed by atoms with Gasteiger partial charge in [0, 0.05) is 29.6 Å². The highest BCUT2D eigenvalue weighted by Gasteiger charge is 2.18. The number of aromatic nitrogens is 2. The maximum absolute atomic E-state index is 12.7. The van der Waals surface area contributed by atoms with Crippen LogP contribution in [0.3, 0.4) is 0 Å². The number of aryl methyl sites for hydroxylation is 1. The summed E-state index contributed by atoms with van der Waals surface area (Å²) in [5.41, 5.74) is 1.89. The Kier molecular flexibility index (Phi) is 6.53. The summed E-state index contributed by atoms with van der Waals surface area (Å²) >= 11 is 7.50. The summed E-state index contributed by atoms with van der Waals surface area (Å²) < 4.78 is 1.85. The van der Waals surface area contributed by atoms with Crippen molar-refractivity contribution < 1.29 is 4.79 Å². The van der Waals surface area contributed by atoms with E-state index in [9.17, 15) is 4.79 Å². The average Bonchev–Trinajstić information content (AvgIpc) is 3.17. The summed E-state index contributed by atoms with van der Waals surface area (Å²) in [6, 6.07) is 9.61. The molecule has 0 saturated carbocycles. The molecule has 1 aromatic carbocycles. The van der Waals surface area contributed by atoms with Crippen molar-refractivity contribution in [1.29, 1.82) is 0 Å². The molecule has 4 rings (SSSR count). The first-order valence-electron chi connectivity index (χ1n) is 10.3. The van der Waals surface area contributed by atoms with E-state index in [0.29, 0.717) is 11.6 Å². The quantitative estimate of drug-likeness (QED) is 0.563. The Morgan fingerprint density at radius 1 is 1.17 bits per heavy atom. The van der Waals surface area contributed by atoms with Crippen LogP contribution < -0.4 is 5.32 Å². The highest BCUT2D eigenvalue weighted by atomic mass is 35.5. The third kappa shape index (κ3) is 4.82. The van der Waals surface area contributed by atoms with Gasteiger partial charge in [-0.2, -0.15) is 5.10 Å². The predicted octanol–water partition coefficient (Wildman–Crippen LogP) is 4.95. The number of fused-ring (bicyclic) bond motifs is 1. The maximum atomic E-state index is 12.7. The van der Waals surface area contributed by atoms with Crippen LogP contribution in [0.15, 0.2) is 30.3 Å². The van der Waals surface area contributed by atoms with Gasteiger partial charge in [-0.05, 0) is 57.1 Å². The lowest BCUT2D eigenvalue weighted by molar-refractivity contribution is 0.0956. The first kappa shape index (κ1) is 20.4. The second-order valence-electron chi connectivity index (χ2n) is 7.67. The van der Waals surface area contributed by atoms with Crippen molar-refractivity contribution in [2.24, 2.45) is 7.05 Å². The van der Waals surface area contributed by atoms with E-state index in [1.165, 1.54) is 50.1 Å². The van der Waals surface area contributed by atoms with Gasteiger partial charge in [-0.15, -0.1) is 11.3 Å². The first-order valence-corrected chi connectivity index (χ1v) is 11.5. The van der Waals surface area contributed by atoms with Crippen LogP contribution in [0, 0.1) is 0 Å². The van der Waals surface area contributed by atoms with Crippen molar-refractivity contribution in [1.82, 2.24) is 20.0 Å². The predicted molar refractivity (Wildman–Crippen MR) is 121 cm³/mol. The zero-order chi connectivity index (χ0) is 20.2. The van der Waals surface area contributed by atoms with Crippen molar-refractivity contribution in [2.45, 2.75) is 32.1 Å². The molecular formula is C22H27ClN4OS. The average molecular weight is 431 g/mol. The molecule has 0 spiro atoms. The minimum atomic E-state index is 0.00382. The molecule has 1 aliphatic rings. The number of thiophene rings is 1. The monoisotopic (exact) mass is 430 g/mol. The summed E-state index contributed by atoms with van der Waals surface area (Å²) in [4.78, 5) is 16.9. The number of halogens is 1. The molecule has 3 heterocycles. The third-order valence-electron chi connectivity index (χ3n) is 5.49. The van der Waals surface area contributed by atoms with Crippen molar-refractivity contribution in [2.75, 3.05) is 26.2 Å². The number of hydrogen-bond donors (Lipinski definition) is 1. The van der Waals surface area contributed by atoms with Gasteiger partial charge < -0.3 is 10.2 Å². The fraction of sp³-hybridized carbons (Fsp3) is 0.455. The van der Waals surface area contributed by atoms with Gasteiger partial charge >= 0.3 is 0 Å². The van der Waals surface area contributed by atoms with Crippen molar-refractivity contribution >= 4 is 39.1 Å². The smallest absolute Gasteiger partial charge is 0.261 e. The first-order chi connectivity index (χ1) is 14.1. The number of benzene rings is 1. The second-order valence-corrected chi connectivity index (χ2v) is 9.14. The van der Waals surface area contributed by atoms with E-state index >= 15 is 0 Å². The molecule has 1 amide bonds. The van der Waals surface area contributed by atoms with Crippen LogP contribution in [0.2, 0.25) is 5.02 Å². The molecule has 0 radical (unpaired) electrons. The van der Waals surface area contributed by atoms with Crippen molar-refractivity contribution in [3.05, 3.63) is 40.2 Å². The van der Waals surface area contributed by atoms with E-state index < -0.39 is 0 Å². The minimum absolute atomic E-state index is 0.00382. The van der Waals surface area contributed by atoms with Gasteiger partial charge in [0.25, 0.3) is 5.91 Å². The van der Waals surface area contributed by atoms with Crippen LogP contribution in [0.4, 0.5) is 0 Å². The molecule has 1 fully saturated rings. The van der Waals surface area contributed by atoms with Crippen LogP contribution in [0.5, 0.6) is 0 Å². The van der Waals surface area contributed by atoms with Crippen molar-refractivity contribution in [3.8, 4) is 11.3 Å². The largest absolute Gasteiger partial charge is 0.351 e. The van der Waals surface area contributed by atoms with Gasteiger partial charge in [-0.3, -0.25) is 9.48 Å². The Morgan fingerprint density at radius 3 is 2.62 bits per heavy atom. The molecule has 29 heavy (non-hydrogen) atoms. The van der Waals surface area contributed by atoms with Gasteiger partial charge in [0.15, 0.2) is 0 Å². The Hall–Kier alpha value is -1.89. The van der Waals surface area contributed by atoms with Gasteiger partial charge in [-0.1, -0.05) is 36.6 Å². The minimum Gasteiger partial charge on any atom is -0.351 e. The molecule has 0 atom stereocenters. The van der Waals surface area contributed by atoms with Crippen molar-refractivity contribution in [3.63, 3.8) is 0 Å². The summed E-state index contributed by atoms with van der Waals surface area (Å²) in [6.45, 7) is 4.18. The number of rotatable bonds is 6. The second kappa shape index (κ2) is 9.28. The summed E-state index contributed by atoms with van der Waals surface area (Å²) in [6.07, 6.45) is 6.31. The highest BCUT2D eigenvalue weighted by molar-refractivity contribution is 7.20. The Morgan fingerprint density at radius 2 is 1.90 bits per heavy atom. The van der Waals surface area contributed by atoms with Gasteiger partial charge in [0.05, 0.1) is 4.88 Å². The lowest BCUT2D eigenvalue weighted by Crippen LogP contribution is -2.30. The normalized spacial score (nSPS) is 15.5. The molecular weight excluding hydrogens is 404 g/mol. The lowest BCUT2D eigenvalue weighted by Gasteiger charge is -2.19. The molecule has 0 aliphatic carbocycles. The summed E-state index contributed by atoms with van der Waals surface area (Å²) in [5.74, 6) is 0.00382. The zero-order valence-corrected chi connectivity index (χ0v) is 18.4. The van der Waals surface area contributed by atoms with E-state index in [1.807, 2.05) is 42.1 Å². The fourth-order valence-electron chi connectivity index (χ4n) is 3.93. The standard InChI is InChI=1S/C22H27ClN4OS/c1-26-22-18(20(25-26)16-7-9-17(23)10-8-16)15-19(29-22)21(28)24-11-6-14-27-12-4-2-3-5-13-27/h7-10,15H,2-6,11-14H2,1H3,(H,24,28). The molecule has 1 saturated heterocycles. The molecule has 5 nitrogen and oxygen atoms in total. The summed E-state index contributed by atoms with van der Waals surface area (Å²) in [5, 5.41) is 9.43. The summed E-state index contributed by atoms with van der Waals surface area (Å²) in [7, 11) is 1.92. The zero-order valence-electron chi connectivity index (χ0n) is 16.8. The Labute approximate surface area is 180 Å². The van der Waals surface area contributed by atoms with E-state index in [0.717, 1.165) is 39.3 Å². The van der Waals surface area contributed by atoms with Crippen LogP contribution in [-0.2, 0) is 7.05 Å². The lowest BCUT2D eigenvalue weighted by atomic mass is 10.1. The number of nitrogens with zero attached hydrogens (tertiary/aromatic N) is 3. The molecule has 0 unspecified atom stereocenters. The van der Waals surface area contributed by atoms with Gasteiger partial charge in [-0.25, -0.2) is 0 Å². The van der Waals surface area contributed by atoms with E-state index in [-0.39, 0.29) is 5.91 Å². The van der Waals surface area contributed by atoms with E-state index in [4.69, 9.17) is 11.6 Å². The third-order valence-corrected chi connectivity index (χ3v) is 6.94. The number of nitrogens with one attached hydrogen (secondary N) is 1. The molecule has 1 N–H and O–H groups in total. The number of carbonyl (C=O) groups is 1. The SMILES string of the molecule is Cn1nc(-c2ccc(Cl)cc2)c2cc(C(=O)NCCCN3CCCCCC3)sc21. The molecule has 7 heteroatoms. The Balaban J connectivity index is 1.39. The molecule has 1 aliphatic heterocycles. The van der Waals surface area contributed by atoms with Crippen LogP contribution >= 0.6 is 22.9 Å². The van der Waals surface area contributed by atoms with Crippen LogP contribution in [-0.4, -0.2) is 46.8 Å². The Bertz CT molecular complexity index is 971. The number of likely N-dealkylation sites (tertiary alicyclic amines) is 1. The van der Waals surface area contributed by atoms with E-state index in [1.54, 1.807) is 0 Å². The van der Waals surface area contributed by atoms with Crippen LogP contribution in [0.25, 0.3) is 21.5 Å². The van der Waals surface area contributed by atoms with Gasteiger partial charge in [0.2, 0.25) is 0 Å². The fourth-order valence-corrected chi connectivity index (χ4v) is 5.04. The molecule has 3 aromatic rings. The molecule has 2 aromatic heterocycles. The van der Waals surface area contributed by atoms with Gasteiger partial charge in [0.1, 0.15) is 10.5 Å². The van der Waals surface area contributed by atoms with Crippen LogP contribution in [0.1, 0.15) is 41.8 Å². The number of carbonyl (C=O) groups excluding carboxylic acids is 1. The maximum Gasteiger partial charge on any atom is 0.261 e. The number of amides is 1. The highest BCUT2D eigenvalue weighted by Crippen LogP contribution is 2.34.